The number of ether oxygens (including phenoxy) is 1. The average molecular weight is 380 g/mol. The Hall–Kier alpha value is -3.61. The molecule has 0 fully saturated rings. The summed E-state index contributed by atoms with van der Waals surface area (Å²) in [5.41, 5.74) is 1.40. The van der Waals surface area contributed by atoms with Crippen molar-refractivity contribution in [3.63, 3.8) is 0 Å². The number of carbonyl (C=O) groups is 2. The zero-order valence-electron chi connectivity index (χ0n) is 15.0. The molecule has 4 rings (SSSR count). The summed E-state index contributed by atoms with van der Waals surface area (Å²) in [7, 11) is 1.49. The Labute approximate surface area is 160 Å². The van der Waals surface area contributed by atoms with Crippen molar-refractivity contribution in [2.45, 2.75) is 6.04 Å². The summed E-state index contributed by atoms with van der Waals surface area (Å²) in [5, 5.41) is 5.32. The van der Waals surface area contributed by atoms with Gasteiger partial charge in [-0.2, -0.15) is 0 Å². The second-order valence-electron chi connectivity index (χ2n) is 6.35. The summed E-state index contributed by atoms with van der Waals surface area (Å²) in [6.07, 6.45) is 0. The predicted octanol–water partition coefficient (Wildman–Crippen LogP) is 3.31. The molecule has 1 unspecified atom stereocenters. The molecule has 1 atom stereocenters. The smallest absolute Gasteiger partial charge is 0.286 e. The van der Waals surface area contributed by atoms with Gasteiger partial charge in [0.05, 0.1) is 6.04 Å². The molecular formula is C21H17FN2O4. The fourth-order valence-electron chi connectivity index (χ4n) is 3.12. The molecule has 6 nitrogen and oxygen atoms in total. The second-order valence-corrected chi connectivity index (χ2v) is 6.35. The zero-order chi connectivity index (χ0) is 19.7. The first-order valence-electron chi connectivity index (χ1n) is 8.70. The van der Waals surface area contributed by atoms with Gasteiger partial charge in [-0.25, -0.2) is 4.39 Å². The van der Waals surface area contributed by atoms with Crippen molar-refractivity contribution in [1.82, 2.24) is 10.6 Å². The molecule has 0 radical (unpaired) electrons. The number of rotatable bonds is 4. The van der Waals surface area contributed by atoms with Crippen molar-refractivity contribution in [3.8, 4) is 17.1 Å². The van der Waals surface area contributed by atoms with Gasteiger partial charge in [0.2, 0.25) is 0 Å². The Morgan fingerprint density at radius 2 is 1.89 bits per heavy atom. The molecule has 0 saturated carbocycles. The van der Waals surface area contributed by atoms with Crippen LogP contribution in [0.25, 0.3) is 11.3 Å². The lowest BCUT2D eigenvalue weighted by molar-refractivity contribution is 0.0924. The molecule has 2 aromatic carbocycles. The van der Waals surface area contributed by atoms with Gasteiger partial charge in [0, 0.05) is 23.7 Å². The van der Waals surface area contributed by atoms with Crippen LogP contribution in [0.3, 0.4) is 0 Å². The number of para-hydroxylation sites is 1. The number of carbonyl (C=O) groups excluding carboxylic acids is 2. The Morgan fingerprint density at radius 1 is 1.07 bits per heavy atom. The molecule has 1 aliphatic rings. The molecule has 0 aliphatic carbocycles. The van der Waals surface area contributed by atoms with Crippen molar-refractivity contribution in [3.05, 3.63) is 77.3 Å². The molecule has 1 aliphatic heterocycles. The standard InChI is InChI=1S/C21H17FN2O4/c1-23-21(26)19-7-6-17(28-19)12-8-13(10-14(22)9-12)20(25)24-16-11-27-18-5-3-2-4-15(16)18/h2-10,16H,11H2,1H3,(H,23,26)(H,24,25). The van der Waals surface area contributed by atoms with E-state index in [-0.39, 0.29) is 23.3 Å². The lowest BCUT2D eigenvalue weighted by Crippen LogP contribution is -2.29. The lowest BCUT2D eigenvalue weighted by Gasteiger charge is -2.12. The molecular weight excluding hydrogens is 363 g/mol. The number of benzene rings is 2. The molecule has 1 aromatic heterocycles. The number of fused-ring (bicyclic) bond motifs is 1. The highest BCUT2D eigenvalue weighted by atomic mass is 19.1. The maximum absolute atomic E-state index is 14.1. The highest BCUT2D eigenvalue weighted by molar-refractivity contribution is 5.96. The van der Waals surface area contributed by atoms with Gasteiger partial charge in [-0.05, 0) is 36.4 Å². The fraction of sp³-hybridized carbons (Fsp3) is 0.143. The number of furan rings is 1. The minimum Gasteiger partial charge on any atom is -0.491 e. The third kappa shape index (κ3) is 3.34. The van der Waals surface area contributed by atoms with E-state index < -0.39 is 11.7 Å². The lowest BCUT2D eigenvalue weighted by atomic mass is 10.1. The first-order chi connectivity index (χ1) is 13.5. The number of hydrogen-bond acceptors (Lipinski definition) is 4. The summed E-state index contributed by atoms with van der Waals surface area (Å²) in [6.45, 7) is 0.320. The SMILES string of the molecule is CNC(=O)c1ccc(-c2cc(F)cc(C(=O)NC3COc4ccccc43)c2)o1. The van der Waals surface area contributed by atoms with Crippen LogP contribution in [0, 0.1) is 5.82 Å². The zero-order valence-corrected chi connectivity index (χ0v) is 15.0. The van der Waals surface area contributed by atoms with Gasteiger partial charge in [0.1, 0.15) is 23.9 Å². The normalized spacial score (nSPS) is 14.9. The van der Waals surface area contributed by atoms with Crippen molar-refractivity contribution in [1.29, 1.82) is 0 Å². The Bertz CT molecular complexity index is 1060. The number of nitrogens with one attached hydrogen (secondary N) is 2. The minimum atomic E-state index is -0.580. The summed E-state index contributed by atoms with van der Waals surface area (Å²) in [4.78, 5) is 24.3. The van der Waals surface area contributed by atoms with Crippen molar-refractivity contribution in [2.75, 3.05) is 13.7 Å². The summed E-state index contributed by atoms with van der Waals surface area (Å²) >= 11 is 0. The molecule has 2 heterocycles. The number of hydrogen-bond donors (Lipinski definition) is 2. The van der Waals surface area contributed by atoms with Gasteiger partial charge in [-0.3, -0.25) is 9.59 Å². The minimum absolute atomic E-state index is 0.104. The Morgan fingerprint density at radius 3 is 2.71 bits per heavy atom. The monoisotopic (exact) mass is 380 g/mol. The van der Waals surface area contributed by atoms with E-state index in [1.54, 1.807) is 6.07 Å². The quantitative estimate of drug-likeness (QED) is 0.728. The van der Waals surface area contributed by atoms with E-state index in [1.165, 1.54) is 25.2 Å². The van der Waals surface area contributed by atoms with Crippen LogP contribution in [0.5, 0.6) is 5.75 Å². The van der Waals surface area contributed by atoms with Gasteiger partial charge in [-0.15, -0.1) is 0 Å². The molecule has 0 spiro atoms. The van der Waals surface area contributed by atoms with E-state index in [2.05, 4.69) is 10.6 Å². The molecule has 142 valence electrons. The first-order valence-corrected chi connectivity index (χ1v) is 8.70. The third-order valence-corrected chi connectivity index (χ3v) is 4.51. The highest BCUT2D eigenvalue weighted by Gasteiger charge is 2.26. The Balaban J connectivity index is 1.58. The van der Waals surface area contributed by atoms with Gasteiger partial charge in [0.25, 0.3) is 11.8 Å². The molecule has 3 aromatic rings. The van der Waals surface area contributed by atoms with Crippen LogP contribution >= 0.6 is 0 Å². The van der Waals surface area contributed by atoms with E-state index in [9.17, 15) is 14.0 Å². The van der Waals surface area contributed by atoms with Crippen LogP contribution in [-0.2, 0) is 0 Å². The molecule has 0 saturated heterocycles. The van der Waals surface area contributed by atoms with Gasteiger partial charge >= 0.3 is 0 Å². The third-order valence-electron chi connectivity index (χ3n) is 4.51. The highest BCUT2D eigenvalue weighted by Crippen LogP contribution is 2.32. The summed E-state index contributed by atoms with van der Waals surface area (Å²) in [6, 6.07) is 14.1. The molecule has 0 bridgehead atoms. The van der Waals surface area contributed by atoms with Gasteiger partial charge in [-0.1, -0.05) is 18.2 Å². The molecule has 28 heavy (non-hydrogen) atoms. The van der Waals surface area contributed by atoms with Crippen molar-refractivity contribution in [2.24, 2.45) is 0 Å². The van der Waals surface area contributed by atoms with Gasteiger partial charge in [0.15, 0.2) is 5.76 Å². The van der Waals surface area contributed by atoms with Crippen LogP contribution in [0.1, 0.15) is 32.5 Å². The van der Waals surface area contributed by atoms with E-state index in [4.69, 9.17) is 9.15 Å². The number of halogens is 1. The van der Waals surface area contributed by atoms with Crippen LogP contribution in [0.15, 0.2) is 59.0 Å². The average Bonchev–Trinajstić information content (AvgIpc) is 3.35. The fourth-order valence-corrected chi connectivity index (χ4v) is 3.12. The van der Waals surface area contributed by atoms with Gasteiger partial charge < -0.3 is 19.8 Å². The van der Waals surface area contributed by atoms with Crippen LogP contribution in [0.2, 0.25) is 0 Å². The van der Waals surface area contributed by atoms with Crippen LogP contribution < -0.4 is 15.4 Å². The maximum atomic E-state index is 14.1. The molecule has 2 amide bonds. The Kier molecular flexibility index (Phi) is 4.57. The molecule has 2 N–H and O–H groups in total. The van der Waals surface area contributed by atoms with Crippen LogP contribution in [0.4, 0.5) is 4.39 Å². The van der Waals surface area contributed by atoms with Crippen molar-refractivity contribution >= 4 is 11.8 Å². The van der Waals surface area contributed by atoms with Crippen LogP contribution in [-0.4, -0.2) is 25.5 Å². The van der Waals surface area contributed by atoms with E-state index in [0.717, 1.165) is 17.4 Å². The van der Waals surface area contributed by atoms with E-state index in [0.29, 0.717) is 17.9 Å². The second kappa shape index (κ2) is 7.19. The molecule has 7 heteroatoms. The largest absolute Gasteiger partial charge is 0.491 e. The number of amides is 2. The topological polar surface area (TPSA) is 80.6 Å². The summed E-state index contributed by atoms with van der Waals surface area (Å²) in [5.74, 6) is -0.271. The maximum Gasteiger partial charge on any atom is 0.286 e. The van der Waals surface area contributed by atoms with E-state index >= 15 is 0 Å². The van der Waals surface area contributed by atoms with E-state index in [1.807, 2.05) is 24.3 Å². The first kappa shape index (κ1) is 17.8. The predicted molar refractivity (Wildman–Crippen MR) is 99.6 cm³/mol. The summed E-state index contributed by atoms with van der Waals surface area (Å²) < 4.78 is 25.2. The van der Waals surface area contributed by atoms with Crippen molar-refractivity contribution < 1.29 is 23.1 Å².